The van der Waals surface area contributed by atoms with Gasteiger partial charge in [-0.05, 0) is 30.5 Å². The summed E-state index contributed by atoms with van der Waals surface area (Å²) in [5.41, 5.74) is 5.61. The van der Waals surface area contributed by atoms with E-state index in [-0.39, 0.29) is 12.3 Å². The molecular formula is C15H20N2O3. The Morgan fingerprint density at radius 1 is 1.30 bits per heavy atom. The van der Waals surface area contributed by atoms with Gasteiger partial charge >= 0.3 is 0 Å². The van der Waals surface area contributed by atoms with Gasteiger partial charge < -0.3 is 16.2 Å². The Morgan fingerprint density at radius 3 is 2.65 bits per heavy atom. The molecule has 5 heteroatoms. The van der Waals surface area contributed by atoms with E-state index >= 15 is 0 Å². The number of nitrogens with two attached hydrogens (primary N) is 1. The van der Waals surface area contributed by atoms with Crippen molar-refractivity contribution in [3.63, 3.8) is 0 Å². The highest BCUT2D eigenvalue weighted by Crippen LogP contribution is 2.32. The molecule has 4 N–H and O–H groups in total. The highest BCUT2D eigenvalue weighted by Gasteiger charge is 2.33. The van der Waals surface area contributed by atoms with Crippen LogP contribution < -0.4 is 11.1 Å². The van der Waals surface area contributed by atoms with Gasteiger partial charge in [-0.15, -0.1) is 0 Å². The number of hydrogen-bond donors (Lipinski definition) is 3. The third-order valence-electron chi connectivity index (χ3n) is 3.73. The molecule has 20 heavy (non-hydrogen) atoms. The van der Waals surface area contributed by atoms with Crippen LogP contribution >= 0.6 is 0 Å². The van der Waals surface area contributed by atoms with Gasteiger partial charge in [-0.2, -0.15) is 0 Å². The molecule has 0 unspecified atom stereocenters. The minimum absolute atomic E-state index is 0.141. The Bertz CT molecular complexity index is 508. The van der Waals surface area contributed by atoms with Crippen LogP contribution in [-0.2, 0) is 11.3 Å². The smallest absolute Gasteiger partial charge is 0.248 e. The maximum Gasteiger partial charge on any atom is 0.248 e. The zero-order valence-electron chi connectivity index (χ0n) is 11.4. The second kappa shape index (κ2) is 6.05. The lowest BCUT2D eigenvalue weighted by atomic mass is 9.97. The summed E-state index contributed by atoms with van der Waals surface area (Å²) in [6.07, 6.45) is 3.48. The molecule has 1 aromatic rings. The van der Waals surface area contributed by atoms with Crippen molar-refractivity contribution in [2.45, 2.75) is 44.2 Å². The Hall–Kier alpha value is -1.88. The van der Waals surface area contributed by atoms with Crippen molar-refractivity contribution in [2.75, 3.05) is 0 Å². The number of carbonyl (C=O) groups is 2. The molecule has 0 aliphatic heterocycles. The second-order valence-corrected chi connectivity index (χ2v) is 5.45. The molecule has 1 aliphatic rings. The average Bonchev–Trinajstić information content (AvgIpc) is 2.83. The number of amides is 2. The first-order valence-corrected chi connectivity index (χ1v) is 6.86. The van der Waals surface area contributed by atoms with E-state index in [1.54, 1.807) is 18.2 Å². The monoisotopic (exact) mass is 276 g/mol. The maximum absolute atomic E-state index is 11.8. The van der Waals surface area contributed by atoms with E-state index in [9.17, 15) is 14.7 Å². The summed E-state index contributed by atoms with van der Waals surface area (Å²) in [4.78, 5) is 22.9. The topological polar surface area (TPSA) is 92.4 Å². The molecule has 0 radical (unpaired) electrons. The molecule has 0 saturated heterocycles. The van der Waals surface area contributed by atoms with E-state index in [2.05, 4.69) is 5.32 Å². The normalized spacial score (nSPS) is 16.9. The van der Waals surface area contributed by atoms with Crippen molar-refractivity contribution >= 4 is 11.8 Å². The molecular weight excluding hydrogens is 256 g/mol. The quantitative estimate of drug-likeness (QED) is 0.751. The Morgan fingerprint density at radius 2 is 2.00 bits per heavy atom. The SMILES string of the molecule is NC(=O)c1cccc(CNC(=O)CC2(O)CCCC2)c1. The molecule has 0 atom stereocenters. The van der Waals surface area contributed by atoms with Gasteiger partial charge in [0.05, 0.1) is 12.0 Å². The Labute approximate surface area is 118 Å². The van der Waals surface area contributed by atoms with Crippen LogP contribution in [0.3, 0.4) is 0 Å². The number of aliphatic hydroxyl groups is 1. The summed E-state index contributed by atoms with van der Waals surface area (Å²) in [6, 6.07) is 6.84. The first-order valence-electron chi connectivity index (χ1n) is 6.86. The molecule has 1 aromatic carbocycles. The predicted molar refractivity (Wildman–Crippen MR) is 74.8 cm³/mol. The van der Waals surface area contributed by atoms with E-state index in [1.807, 2.05) is 6.07 Å². The van der Waals surface area contributed by atoms with Crippen molar-refractivity contribution in [3.8, 4) is 0 Å². The fourth-order valence-electron chi connectivity index (χ4n) is 2.61. The van der Waals surface area contributed by atoms with Crippen molar-refractivity contribution in [2.24, 2.45) is 5.73 Å². The van der Waals surface area contributed by atoms with E-state index < -0.39 is 11.5 Å². The molecule has 0 heterocycles. The van der Waals surface area contributed by atoms with Crippen molar-refractivity contribution in [1.29, 1.82) is 0 Å². The second-order valence-electron chi connectivity index (χ2n) is 5.45. The number of hydrogen-bond acceptors (Lipinski definition) is 3. The lowest BCUT2D eigenvalue weighted by Crippen LogP contribution is -2.34. The third-order valence-corrected chi connectivity index (χ3v) is 3.73. The van der Waals surface area contributed by atoms with Gasteiger partial charge in [0, 0.05) is 12.1 Å². The van der Waals surface area contributed by atoms with Crippen molar-refractivity contribution in [1.82, 2.24) is 5.32 Å². The summed E-state index contributed by atoms with van der Waals surface area (Å²) in [5.74, 6) is -0.655. The fraction of sp³-hybridized carbons (Fsp3) is 0.467. The van der Waals surface area contributed by atoms with Crippen LogP contribution in [0.15, 0.2) is 24.3 Å². The van der Waals surface area contributed by atoms with E-state index in [0.717, 1.165) is 18.4 Å². The van der Waals surface area contributed by atoms with Crippen LogP contribution in [0.5, 0.6) is 0 Å². The highest BCUT2D eigenvalue weighted by atomic mass is 16.3. The van der Waals surface area contributed by atoms with E-state index in [0.29, 0.717) is 24.9 Å². The molecule has 1 aliphatic carbocycles. The van der Waals surface area contributed by atoms with Gasteiger partial charge in [0.15, 0.2) is 0 Å². The number of rotatable bonds is 5. The number of carbonyl (C=O) groups excluding carboxylic acids is 2. The summed E-state index contributed by atoms with van der Waals surface area (Å²) < 4.78 is 0. The third kappa shape index (κ3) is 3.81. The van der Waals surface area contributed by atoms with Gasteiger partial charge in [-0.1, -0.05) is 25.0 Å². The number of benzene rings is 1. The first-order chi connectivity index (χ1) is 9.48. The predicted octanol–water partition coefficient (Wildman–Crippen LogP) is 1.10. The minimum Gasteiger partial charge on any atom is -0.389 e. The van der Waals surface area contributed by atoms with Crippen LogP contribution in [0.2, 0.25) is 0 Å². The molecule has 0 spiro atoms. The van der Waals surface area contributed by atoms with Crippen LogP contribution in [0.25, 0.3) is 0 Å². The molecule has 2 rings (SSSR count). The highest BCUT2D eigenvalue weighted by molar-refractivity contribution is 5.92. The van der Waals surface area contributed by atoms with Gasteiger partial charge in [-0.25, -0.2) is 0 Å². The fourth-order valence-corrected chi connectivity index (χ4v) is 2.61. The van der Waals surface area contributed by atoms with Gasteiger partial charge in [0.1, 0.15) is 0 Å². The van der Waals surface area contributed by atoms with E-state index in [4.69, 9.17) is 5.73 Å². The molecule has 1 fully saturated rings. The summed E-state index contributed by atoms with van der Waals surface area (Å²) >= 11 is 0. The van der Waals surface area contributed by atoms with Crippen LogP contribution in [0.4, 0.5) is 0 Å². The molecule has 0 bridgehead atoms. The Kier molecular flexibility index (Phi) is 4.39. The number of nitrogens with one attached hydrogen (secondary N) is 1. The average molecular weight is 276 g/mol. The standard InChI is InChI=1S/C15H20N2O3/c16-14(19)12-5-3-4-11(8-12)10-17-13(18)9-15(20)6-1-2-7-15/h3-5,8,20H,1-2,6-7,9-10H2,(H2,16,19)(H,17,18). The zero-order chi connectivity index (χ0) is 14.6. The lowest BCUT2D eigenvalue weighted by Gasteiger charge is -2.21. The molecule has 5 nitrogen and oxygen atoms in total. The largest absolute Gasteiger partial charge is 0.389 e. The van der Waals surface area contributed by atoms with Crippen LogP contribution in [0, 0.1) is 0 Å². The van der Waals surface area contributed by atoms with Crippen molar-refractivity contribution in [3.05, 3.63) is 35.4 Å². The first kappa shape index (κ1) is 14.5. The van der Waals surface area contributed by atoms with Gasteiger partial charge in [-0.3, -0.25) is 9.59 Å². The molecule has 1 saturated carbocycles. The summed E-state index contributed by atoms with van der Waals surface area (Å²) in [7, 11) is 0. The molecule has 108 valence electrons. The lowest BCUT2D eigenvalue weighted by molar-refractivity contribution is -0.126. The van der Waals surface area contributed by atoms with Crippen molar-refractivity contribution < 1.29 is 14.7 Å². The van der Waals surface area contributed by atoms with Gasteiger partial charge in [0.2, 0.25) is 11.8 Å². The molecule has 0 aromatic heterocycles. The van der Waals surface area contributed by atoms with Gasteiger partial charge in [0.25, 0.3) is 0 Å². The van der Waals surface area contributed by atoms with E-state index in [1.165, 1.54) is 0 Å². The summed E-state index contributed by atoms with van der Waals surface area (Å²) in [5, 5.41) is 12.9. The molecule has 2 amide bonds. The number of primary amides is 1. The summed E-state index contributed by atoms with van der Waals surface area (Å²) in [6.45, 7) is 0.329. The van der Waals surface area contributed by atoms with Crippen LogP contribution in [0.1, 0.15) is 48.0 Å². The van der Waals surface area contributed by atoms with Crippen LogP contribution in [-0.4, -0.2) is 22.5 Å². The minimum atomic E-state index is -0.834. The maximum atomic E-state index is 11.8. The Balaban J connectivity index is 1.87. The zero-order valence-corrected chi connectivity index (χ0v) is 11.4.